The zero-order valence-electron chi connectivity index (χ0n) is 7.02. The Morgan fingerprint density at radius 3 is 2.64 bits per heavy atom. The van der Waals surface area contributed by atoms with E-state index in [4.69, 9.17) is 4.74 Å². The Balaban J connectivity index is 0.000000461. The highest BCUT2D eigenvalue weighted by atomic mass is 79.9. The molecule has 0 saturated carbocycles. The third-order valence-corrected chi connectivity index (χ3v) is 1.64. The van der Waals surface area contributed by atoms with Gasteiger partial charge in [-0.15, -0.1) is 0 Å². The SMILES string of the molecule is CC.COCc1[nH]ncc1Br. The van der Waals surface area contributed by atoms with Crippen molar-refractivity contribution >= 4 is 15.9 Å². The Hall–Kier alpha value is -0.350. The lowest BCUT2D eigenvalue weighted by Crippen LogP contribution is -1.87. The minimum Gasteiger partial charge on any atom is -0.378 e. The van der Waals surface area contributed by atoms with Gasteiger partial charge >= 0.3 is 0 Å². The van der Waals surface area contributed by atoms with E-state index >= 15 is 0 Å². The highest BCUT2D eigenvalue weighted by molar-refractivity contribution is 9.10. The molecule has 0 aliphatic heterocycles. The van der Waals surface area contributed by atoms with Crippen molar-refractivity contribution in [3.05, 3.63) is 16.4 Å². The van der Waals surface area contributed by atoms with E-state index in [9.17, 15) is 0 Å². The van der Waals surface area contributed by atoms with Gasteiger partial charge in [0.15, 0.2) is 0 Å². The molecule has 0 spiro atoms. The van der Waals surface area contributed by atoms with E-state index in [1.807, 2.05) is 13.8 Å². The third kappa shape index (κ3) is 3.53. The second-order valence-electron chi connectivity index (χ2n) is 1.63. The number of nitrogens with zero attached hydrogens (tertiary/aromatic N) is 1. The summed E-state index contributed by atoms with van der Waals surface area (Å²) in [7, 11) is 1.65. The predicted molar refractivity (Wildman–Crippen MR) is 48.3 cm³/mol. The minimum atomic E-state index is 0.570. The lowest BCUT2D eigenvalue weighted by Gasteiger charge is -1.92. The monoisotopic (exact) mass is 220 g/mol. The number of hydrogen-bond acceptors (Lipinski definition) is 2. The quantitative estimate of drug-likeness (QED) is 0.832. The molecule has 0 atom stereocenters. The molecule has 1 aromatic heterocycles. The average molecular weight is 221 g/mol. The maximum Gasteiger partial charge on any atom is 0.0889 e. The summed E-state index contributed by atoms with van der Waals surface area (Å²) < 4.78 is 5.83. The van der Waals surface area contributed by atoms with Crippen molar-refractivity contribution in [3.8, 4) is 0 Å². The first-order valence-electron chi connectivity index (χ1n) is 3.51. The average Bonchev–Trinajstić information content (AvgIpc) is 2.42. The molecule has 0 bridgehead atoms. The van der Waals surface area contributed by atoms with Gasteiger partial charge in [0.2, 0.25) is 0 Å². The standard InChI is InChI=1S/C5H7BrN2O.C2H6/c1-9-3-5-4(6)2-7-8-5;1-2/h2H,3H2,1H3,(H,7,8);1-2H3. The minimum absolute atomic E-state index is 0.570. The summed E-state index contributed by atoms with van der Waals surface area (Å²) in [5.74, 6) is 0. The summed E-state index contributed by atoms with van der Waals surface area (Å²) in [6.45, 7) is 4.57. The summed E-state index contributed by atoms with van der Waals surface area (Å²) in [5, 5.41) is 6.57. The molecule has 0 saturated heterocycles. The van der Waals surface area contributed by atoms with Crippen LogP contribution in [-0.2, 0) is 11.3 Å². The van der Waals surface area contributed by atoms with E-state index in [-0.39, 0.29) is 0 Å². The van der Waals surface area contributed by atoms with Gasteiger partial charge in [0.1, 0.15) is 0 Å². The molecule has 0 aromatic carbocycles. The number of aromatic amines is 1. The van der Waals surface area contributed by atoms with Gasteiger partial charge in [-0.2, -0.15) is 5.10 Å². The van der Waals surface area contributed by atoms with E-state index < -0.39 is 0 Å². The predicted octanol–water partition coefficient (Wildman–Crippen LogP) is 2.34. The van der Waals surface area contributed by atoms with Crippen LogP contribution in [0.1, 0.15) is 19.5 Å². The molecule has 0 aliphatic carbocycles. The van der Waals surface area contributed by atoms with Crippen molar-refractivity contribution in [3.63, 3.8) is 0 Å². The normalized spacial score (nSPS) is 8.73. The smallest absolute Gasteiger partial charge is 0.0889 e. The second-order valence-corrected chi connectivity index (χ2v) is 2.48. The van der Waals surface area contributed by atoms with Crippen LogP contribution in [-0.4, -0.2) is 17.3 Å². The molecule has 0 radical (unpaired) electrons. The molecule has 0 fully saturated rings. The van der Waals surface area contributed by atoms with Gasteiger partial charge in [-0.05, 0) is 15.9 Å². The van der Waals surface area contributed by atoms with Crippen molar-refractivity contribution in [1.29, 1.82) is 0 Å². The Kier molecular flexibility index (Phi) is 6.16. The molecule has 11 heavy (non-hydrogen) atoms. The first-order chi connectivity index (χ1) is 5.34. The van der Waals surface area contributed by atoms with Crippen LogP contribution in [0.2, 0.25) is 0 Å². The second kappa shape index (κ2) is 6.37. The van der Waals surface area contributed by atoms with Crippen molar-refractivity contribution in [2.24, 2.45) is 0 Å². The molecule has 1 N–H and O–H groups in total. The van der Waals surface area contributed by atoms with Gasteiger partial charge < -0.3 is 4.74 Å². The lowest BCUT2D eigenvalue weighted by molar-refractivity contribution is 0.181. The van der Waals surface area contributed by atoms with Gasteiger partial charge in [-0.3, -0.25) is 5.10 Å². The van der Waals surface area contributed by atoms with Crippen LogP contribution in [0.15, 0.2) is 10.7 Å². The molecule has 0 aliphatic rings. The molecule has 1 heterocycles. The van der Waals surface area contributed by atoms with Gasteiger partial charge in [0, 0.05) is 7.11 Å². The number of halogens is 1. The van der Waals surface area contributed by atoms with E-state index in [0.717, 1.165) is 10.2 Å². The number of hydrogen-bond donors (Lipinski definition) is 1. The Morgan fingerprint density at radius 2 is 2.27 bits per heavy atom. The fourth-order valence-electron chi connectivity index (χ4n) is 0.544. The maximum atomic E-state index is 4.87. The van der Waals surface area contributed by atoms with Crippen molar-refractivity contribution in [2.75, 3.05) is 7.11 Å². The van der Waals surface area contributed by atoms with E-state index in [2.05, 4.69) is 26.1 Å². The molecular weight excluding hydrogens is 208 g/mol. The Labute approximate surface area is 75.3 Å². The van der Waals surface area contributed by atoms with E-state index in [0.29, 0.717) is 6.61 Å². The number of H-pyrrole nitrogens is 1. The first-order valence-corrected chi connectivity index (χ1v) is 4.30. The number of ether oxygens (including phenoxy) is 1. The molecule has 0 unspecified atom stereocenters. The zero-order valence-corrected chi connectivity index (χ0v) is 8.60. The highest BCUT2D eigenvalue weighted by Crippen LogP contribution is 2.12. The number of nitrogens with one attached hydrogen (secondary N) is 1. The molecule has 64 valence electrons. The van der Waals surface area contributed by atoms with Crippen molar-refractivity contribution in [1.82, 2.24) is 10.2 Å². The van der Waals surface area contributed by atoms with Crippen LogP contribution in [0.5, 0.6) is 0 Å². The largest absolute Gasteiger partial charge is 0.378 e. The van der Waals surface area contributed by atoms with Crippen LogP contribution < -0.4 is 0 Å². The molecule has 4 heteroatoms. The van der Waals surface area contributed by atoms with Gasteiger partial charge in [0.05, 0.1) is 23.0 Å². The number of aromatic nitrogens is 2. The molecule has 1 rings (SSSR count). The topological polar surface area (TPSA) is 37.9 Å². The first kappa shape index (κ1) is 10.7. The summed E-state index contributed by atoms with van der Waals surface area (Å²) in [4.78, 5) is 0. The van der Waals surface area contributed by atoms with E-state index in [1.54, 1.807) is 13.3 Å². The number of methoxy groups -OCH3 is 1. The van der Waals surface area contributed by atoms with Crippen LogP contribution in [0.3, 0.4) is 0 Å². The zero-order chi connectivity index (χ0) is 8.69. The van der Waals surface area contributed by atoms with Crippen LogP contribution in [0.4, 0.5) is 0 Å². The maximum absolute atomic E-state index is 4.87. The summed E-state index contributed by atoms with van der Waals surface area (Å²) in [6, 6.07) is 0. The molecule has 3 nitrogen and oxygen atoms in total. The van der Waals surface area contributed by atoms with Crippen LogP contribution >= 0.6 is 15.9 Å². The lowest BCUT2D eigenvalue weighted by atomic mass is 10.5. The number of rotatable bonds is 2. The van der Waals surface area contributed by atoms with Crippen LogP contribution in [0.25, 0.3) is 0 Å². The van der Waals surface area contributed by atoms with Gasteiger partial charge in [-0.1, -0.05) is 13.8 Å². The van der Waals surface area contributed by atoms with Gasteiger partial charge in [-0.25, -0.2) is 0 Å². The third-order valence-electron chi connectivity index (χ3n) is 0.954. The Morgan fingerprint density at radius 1 is 1.64 bits per heavy atom. The molecule has 0 amide bonds. The summed E-state index contributed by atoms with van der Waals surface area (Å²) in [5.41, 5.74) is 0.970. The molecule has 1 aromatic rings. The summed E-state index contributed by atoms with van der Waals surface area (Å²) >= 11 is 3.29. The molecular formula is C7H13BrN2O. The Bertz CT molecular complexity index is 188. The van der Waals surface area contributed by atoms with Crippen LogP contribution in [0, 0.1) is 0 Å². The highest BCUT2D eigenvalue weighted by Gasteiger charge is 1.98. The fraction of sp³-hybridized carbons (Fsp3) is 0.571. The van der Waals surface area contributed by atoms with Crippen molar-refractivity contribution < 1.29 is 4.74 Å². The summed E-state index contributed by atoms with van der Waals surface area (Å²) in [6.07, 6.45) is 1.70. The fourth-order valence-corrected chi connectivity index (χ4v) is 0.849. The van der Waals surface area contributed by atoms with E-state index in [1.165, 1.54) is 0 Å². The van der Waals surface area contributed by atoms with Crippen molar-refractivity contribution in [2.45, 2.75) is 20.5 Å². The van der Waals surface area contributed by atoms with Gasteiger partial charge in [0.25, 0.3) is 0 Å².